The number of fused-ring (bicyclic) bond motifs is 3. The SMILES string of the molecule is Cc1c(NC(=O)OCC2c3ccccc3-c3ccccc32)cccc1C(=O)NC(C(=O)O)C(C)OCc1ccccc1. The van der Waals surface area contributed by atoms with E-state index in [9.17, 15) is 19.5 Å². The number of aliphatic carboxylic acids is 1. The lowest BCUT2D eigenvalue weighted by Gasteiger charge is -2.22. The van der Waals surface area contributed by atoms with Gasteiger partial charge < -0.3 is 19.9 Å². The van der Waals surface area contributed by atoms with Crippen LogP contribution < -0.4 is 10.6 Å². The minimum atomic E-state index is -1.28. The molecule has 0 saturated carbocycles. The van der Waals surface area contributed by atoms with Gasteiger partial charge in [0.25, 0.3) is 5.91 Å². The molecule has 0 radical (unpaired) electrons. The van der Waals surface area contributed by atoms with E-state index in [4.69, 9.17) is 9.47 Å². The number of carboxylic acid groups (broad SMARTS) is 1. The fourth-order valence-electron chi connectivity index (χ4n) is 5.26. The fraction of sp³-hybridized carbons (Fsp3) is 0.206. The number of ether oxygens (including phenoxy) is 2. The number of anilines is 1. The van der Waals surface area contributed by atoms with Gasteiger partial charge in [0, 0.05) is 17.2 Å². The van der Waals surface area contributed by atoms with Gasteiger partial charge in [0.1, 0.15) is 6.61 Å². The standard InChI is InChI=1S/C34H32N2O6/c1-21-24(32(37)36-31(33(38)39)22(2)41-19-23-11-4-3-5-12-23)17-10-18-30(21)35-34(40)42-20-29-27-15-8-6-13-25(27)26-14-7-9-16-28(26)29/h3-18,22,29,31H,19-20H2,1-2H3,(H,35,40)(H,36,37)(H,38,39). The summed E-state index contributed by atoms with van der Waals surface area (Å²) in [4.78, 5) is 38.0. The van der Waals surface area contributed by atoms with Gasteiger partial charge in [-0.1, -0.05) is 84.9 Å². The van der Waals surface area contributed by atoms with E-state index in [0.29, 0.717) is 11.3 Å². The third-order valence-corrected chi connectivity index (χ3v) is 7.54. The maximum atomic E-state index is 13.2. The number of nitrogens with one attached hydrogen (secondary N) is 2. The van der Waals surface area contributed by atoms with Crippen molar-refractivity contribution in [1.29, 1.82) is 0 Å². The number of rotatable bonds is 10. The van der Waals surface area contributed by atoms with E-state index in [0.717, 1.165) is 27.8 Å². The van der Waals surface area contributed by atoms with Crippen molar-refractivity contribution in [2.45, 2.75) is 38.5 Å². The smallest absolute Gasteiger partial charge is 0.411 e. The van der Waals surface area contributed by atoms with Crippen LogP contribution >= 0.6 is 0 Å². The zero-order valence-electron chi connectivity index (χ0n) is 23.4. The average molecular weight is 565 g/mol. The molecule has 42 heavy (non-hydrogen) atoms. The Morgan fingerprint density at radius 1 is 0.833 bits per heavy atom. The molecule has 4 aromatic rings. The quantitative estimate of drug-likeness (QED) is 0.213. The van der Waals surface area contributed by atoms with Crippen LogP contribution in [0.4, 0.5) is 10.5 Å². The second-order valence-corrected chi connectivity index (χ2v) is 10.2. The number of carboxylic acids is 1. The van der Waals surface area contributed by atoms with Crippen LogP contribution in [0.25, 0.3) is 11.1 Å². The molecule has 3 N–H and O–H groups in total. The summed E-state index contributed by atoms with van der Waals surface area (Å²) < 4.78 is 11.4. The van der Waals surface area contributed by atoms with E-state index in [1.807, 2.05) is 66.7 Å². The molecule has 8 heteroatoms. The van der Waals surface area contributed by atoms with Gasteiger partial charge in [0.2, 0.25) is 0 Å². The van der Waals surface area contributed by atoms with Gasteiger partial charge in [-0.3, -0.25) is 10.1 Å². The number of hydrogen-bond acceptors (Lipinski definition) is 5. The highest BCUT2D eigenvalue weighted by Gasteiger charge is 2.30. The van der Waals surface area contributed by atoms with Crippen LogP contribution in [-0.4, -0.2) is 41.8 Å². The molecular formula is C34H32N2O6. The second-order valence-electron chi connectivity index (χ2n) is 10.2. The summed E-state index contributed by atoms with van der Waals surface area (Å²) in [5.74, 6) is -1.89. The Balaban J connectivity index is 1.22. The number of carbonyl (C=O) groups is 3. The lowest BCUT2D eigenvalue weighted by Crippen LogP contribution is -2.48. The molecule has 0 bridgehead atoms. The van der Waals surface area contributed by atoms with E-state index in [-0.39, 0.29) is 24.7 Å². The highest BCUT2D eigenvalue weighted by Crippen LogP contribution is 2.44. The molecule has 0 fully saturated rings. The van der Waals surface area contributed by atoms with E-state index in [1.165, 1.54) is 0 Å². The van der Waals surface area contributed by atoms with Crippen molar-refractivity contribution in [3.05, 3.63) is 125 Å². The Labute approximate surface area is 244 Å². The Bertz CT molecular complexity index is 1560. The lowest BCUT2D eigenvalue weighted by atomic mass is 9.98. The third-order valence-electron chi connectivity index (χ3n) is 7.54. The molecule has 0 heterocycles. The first-order valence-corrected chi connectivity index (χ1v) is 13.7. The summed E-state index contributed by atoms with van der Waals surface area (Å²) in [6.07, 6.45) is -1.45. The number of carbonyl (C=O) groups excluding carboxylic acids is 2. The molecule has 5 rings (SSSR count). The summed E-state index contributed by atoms with van der Waals surface area (Å²) in [6, 6.07) is 29.1. The molecule has 0 saturated heterocycles. The number of amides is 2. The molecule has 8 nitrogen and oxygen atoms in total. The lowest BCUT2D eigenvalue weighted by molar-refractivity contribution is -0.143. The molecule has 0 spiro atoms. The summed E-state index contributed by atoms with van der Waals surface area (Å²) in [5, 5.41) is 15.1. The molecule has 2 unspecified atom stereocenters. The van der Waals surface area contributed by atoms with Gasteiger partial charge in [-0.05, 0) is 59.4 Å². The van der Waals surface area contributed by atoms with Crippen molar-refractivity contribution in [3.63, 3.8) is 0 Å². The van der Waals surface area contributed by atoms with E-state index < -0.39 is 30.1 Å². The van der Waals surface area contributed by atoms with Gasteiger partial charge >= 0.3 is 12.1 Å². The molecule has 1 aliphatic rings. The number of hydrogen-bond donors (Lipinski definition) is 3. The van der Waals surface area contributed by atoms with Crippen LogP contribution in [0.15, 0.2) is 97.1 Å². The van der Waals surface area contributed by atoms with Crippen molar-refractivity contribution in [2.75, 3.05) is 11.9 Å². The topological polar surface area (TPSA) is 114 Å². The monoisotopic (exact) mass is 564 g/mol. The van der Waals surface area contributed by atoms with E-state index >= 15 is 0 Å². The summed E-state index contributed by atoms with van der Waals surface area (Å²) in [6.45, 7) is 3.64. The first-order chi connectivity index (χ1) is 20.3. The van der Waals surface area contributed by atoms with E-state index in [2.05, 4.69) is 22.8 Å². The Kier molecular flexibility index (Phi) is 8.64. The molecular weight excluding hydrogens is 532 g/mol. The Hall–Kier alpha value is -4.95. The molecule has 214 valence electrons. The average Bonchev–Trinajstić information content (AvgIpc) is 3.32. The Morgan fingerprint density at radius 3 is 2.10 bits per heavy atom. The van der Waals surface area contributed by atoms with Crippen molar-refractivity contribution >= 4 is 23.7 Å². The zero-order valence-corrected chi connectivity index (χ0v) is 23.4. The van der Waals surface area contributed by atoms with Gasteiger partial charge in [-0.2, -0.15) is 0 Å². The van der Waals surface area contributed by atoms with Crippen LogP contribution in [0.1, 0.15) is 45.5 Å². The van der Waals surface area contributed by atoms with Crippen molar-refractivity contribution < 1.29 is 29.0 Å². The molecule has 2 amide bonds. The minimum absolute atomic E-state index is 0.0830. The minimum Gasteiger partial charge on any atom is -0.480 e. The highest BCUT2D eigenvalue weighted by atomic mass is 16.5. The molecule has 2 atom stereocenters. The first-order valence-electron chi connectivity index (χ1n) is 13.7. The summed E-state index contributed by atoms with van der Waals surface area (Å²) in [7, 11) is 0. The highest BCUT2D eigenvalue weighted by molar-refractivity contribution is 6.00. The van der Waals surface area contributed by atoms with Gasteiger partial charge in [-0.15, -0.1) is 0 Å². The summed E-state index contributed by atoms with van der Waals surface area (Å²) in [5.41, 5.74) is 6.47. The molecule has 0 aromatic heterocycles. The van der Waals surface area contributed by atoms with Crippen LogP contribution in [0, 0.1) is 6.92 Å². The van der Waals surface area contributed by atoms with Crippen molar-refractivity contribution in [1.82, 2.24) is 5.32 Å². The van der Waals surface area contributed by atoms with Crippen molar-refractivity contribution in [3.8, 4) is 11.1 Å². The first kappa shape index (κ1) is 28.6. The van der Waals surface area contributed by atoms with E-state index in [1.54, 1.807) is 32.0 Å². The second kappa shape index (κ2) is 12.7. The predicted molar refractivity (Wildman–Crippen MR) is 159 cm³/mol. The maximum absolute atomic E-state index is 13.2. The largest absolute Gasteiger partial charge is 0.480 e. The maximum Gasteiger partial charge on any atom is 0.411 e. The molecule has 1 aliphatic carbocycles. The van der Waals surface area contributed by atoms with Crippen LogP contribution in [-0.2, 0) is 20.9 Å². The van der Waals surface area contributed by atoms with Crippen LogP contribution in [0.3, 0.4) is 0 Å². The van der Waals surface area contributed by atoms with Gasteiger partial charge in [0.15, 0.2) is 6.04 Å². The summed E-state index contributed by atoms with van der Waals surface area (Å²) >= 11 is 0. The molecule has 4 aromatic carbocycles. The van der Waals surface area contributed by atoms with Crippen LogP contribution in [0.2, 0.25) is 0 Å². The number of benzene rings is 4. The predicted octanol–water partition coefficient (Wildman–Crippen LogP) is 6.14. The zero-order chi connectivity index (χ0) is 29.6. The van der Waals surface area contributed by atoms with Crippen molar-refractivity contribution in [2.24, 2.45) is 0 Å². The normalized spacial score (nSPS) is 13.4. The molecule has 0 aliphatic heterocycles. The Morgan fingerprint density at radius 2 is 1.45 bits per heavy atom. The van der Waals surface area contributed by atoms with Gasteiger partial charge in [0.05, 0.1) is 12.7 Å². The van der Waals surface area contributed by atoms with Gasteiger partial charge in [-0.25, -0.2) is 9.59 Å². The third kappa shape index (κ3) is 6.19. The fourth-order valence-corrected chi connectivity index (χ4v) is 5.26. The van der Waals surface area contributed by atoms with Crippen LogP contribution in [0.5, 0.6) is 0 Å².